The van der Waals surface area contributed by atoms with E-state index >= 15 is 0 Å². The molecular weight excluding hydrogens is 268 g/mol. The Morgan fingerprint density at radius 2 is 2.00 bits per heavy atom. The minimum atomic E-state index is -0.0746. The molecule has 1 fully saturated rings. The first-order chi connectivity index (χ1) is 10.3. The van der Waals surface area contributed by atoms with Crippen LogP contribution in [0.5, 0.6) is 0 Å². The molecule has 0 saturated heterocycles. The third-order valence-corrected chi connectivity index (χ3v) is 3.67. The van der Waals surface area contributed by atoms with Crippen LogP contribution < -0.4 is 5.32 Å². The molecule has 2 heterocycles. The zero-order valence-electron chi connectivity index (χ0n) is 11.5. The van der Waals surface area contributed by atoms with Crippen LogP contribution in [0.2, 0.25) is 0 Å². The summed E-state index contributed by atoms with van der Waals surface area (Å²) in [5, 5.41) is 12.3. The van der Waals surface area contributed by atoms with Gasteiger partial charge < -0.3 is 19.3 Å². The topological polar surface area (TPSA) is 71.4 Å². The van der Waals surface area contributed by atoms with Crippen molar-refractivity contribution in [1.82, 2.24) is 4.98 Å². The SMILES string of the molecule is OCc1ccc(CNc2ccc3oc(C4CC4)nc3c2)o1. The van der Waals surface area contributed by atoms with E-state index in [1.165, 1.54) is 12.8 Å². The van der Waals surface area contributed by atoms with E-state index in [9.17, 15) is 0 Å². The summed E-state index contributed by atoms with van der Waals surface area (Å²) in [6.07, 6.45) is 2.37. The molecule has 0 spiro atoms. The number of fused-ring (bicyclic) bond motifs is 1. The Bertz CT molecular complexity index is 771. The van der Waals surface area contributed by atoms with Crippen molar-refractivity contribution in [2.24, 2.45) is 0 Å². The standard InChI is InChI=1S/C16H16N2O3/c19-9-13-5-4-12(20-13)8-17-11-3-6-15-14(7-11)18-16(21-15)10-1-2-10/h3-7,10,17,19H,1-2,8-9H2. The molecule has 5 nitrogen and oxygen atoms in total. The molecule has 1 aliphatic carbocycles. The number of rotatable bonds is 5. The number of oxazole rings is 1. The third-order valence-electron chi connectivity index (χ3n) is 3.67. The summed E-state index contributed by atoms with van der Waals surface area (Å²) in [5.41, 5.74) is 2.69. The summed E-state index contributed by atoms with van der Waals surface area (Å²) in [6, 6.07) is 9.54. The van der Waals surface area contributed by atoms with Gasteiger partial charge in [0.2, 0.25) is 0 Å². The predicted octanol–water partition coefficient (Wildman–Crippen LogP) is 3.40. The fourth-order valence-corrected chi connectivity index (χ4v) is 2.35. The summed E-state index contributed by atoms with van der Waals surface area (Å²) >= 11 is 0. The zero-order chi connectivity index (χ0) is 14.2. The Labute approximate surface area is 121 Å². The van der Waals surface area contributed by atoms with E-state index in [1.807, 2.05) is 24.3 Å². The number of aliphatic hydroxyl groups excluding tert-OH is 1. The second kappa shape index (κ2) is 4.93. The maximum Gasteiger partial charge on any atom is 0.198 e. The lowest BCUT2D eigenvalue weighted by Crippen LogP contribution is -1.97. The Balaban J connectivity index is 1.50. The molecule has 2 aromatic heterocycles. The van der Waals surface area contributed by atoms with Crippen LogP contribution in [0.1, 0.15) is 36.2 Å². The molecule has 2 N–H and O–H groups in total. The smallest absolute Gasteiger partial charge is 0.198 e. The molecule has 1 aliphatic rings. The summed E-state index contributed by atoms with van der Waals surface area (Å²) < 4.78 is 11.2. The van der Waals surface area contributed by atoms with E-state index in [-0.39, 0.29) is 6.61 Å². The van der Waals surface area contributed by atoms with Gasteiger partial charge in [-0.25, -0.2) is 4.98 Å². The molecular formula is C16H16N2O3. The van der Waals surface area contributed by atoms with Gasteiger partial charge in [0.05, 0.1) is 6.54 Å². The fraction of sp³-hybridized carbons (Fsp3) is 0.312. The number of nitrogens with zero attached hydrogens (tertiary/aromatic N) is 1. The molecule has 0 unspecified atom stereocenters. The van der Waals surface area contributed by atoms with E-state index in [4.69, 9.17) is 13.9 Å². The lowest BCUT2D eigenvalue weighted by Gasteiger charge is -2.03. The normalized spacial score (nSPS) is 14.7. The minimum absolute atomic E-state index is 0.0746. The summed E-state index contributed by atoms with van der Waals surface area (Å²) in [7, 11) is 0. The van der Waals surface area contributed by atoms with Crippen LogP contribution in [0.3, 0.4) is 0 Å². The molecule has 0 amide bonds. The average molecular weight is 284 g/mol. The second-order valence-electron chi connectivity index (χ2n) is 5.39. The molecule has 5 heteroatoms. The largest absolute Gasteiger partial charge is 0.462 e. The summed E-state index contributed by atoms with van der Waals surface area (Å²) in [5.74, 6) is 2.75. The van der Waals surface area contributed by atoms with Crippen molar-refractivity contribution < 1.29 is 13.9 Å². The molecule has 0 aliphatic heterocycles. The monoisotopic (exact) mass is 284 g/mol. The average Bonchev–Trinajstić information content (AvgIpc) is 3.11. The van der Waals surface area contributed by atoms with Crippen molar-refractivity contribution in [3.63, 3.8) is 0 Å². The maximum absolute atomic E-state index is 8.97. The van der Waals surface area contributed by atoms with Crippen LogP contribution in [0, 0.1) is 0 Å². The van der Waals surface area contributed by atoms with Gasteiger partial charge in [-0.05, 0) is 43.2 Å². The Morgan fingerprint density at radius 3 is 2.76 bits per heavy atom. The van der Waals surface area contributed by atoms with E-state index in [1.54, 1.807) is 6.07 Å². The Hall–Kier alpha value is -2.27. The van der Waals surface area contributed by atoms with E-state index < -0.39 is 0 Å². The number of anilines is 1. The molecule has 0 atom stereocenters. The van der Waals surface area contributed by atoms with Crippen molar-refractivity contribution in [2.75, 3.05) is 5.32 Å². The highest BCUT2D eigenvalue weighted by molar-refractivity contribution is 5.77. The number of hydrogen-bond acceptors (Lipinski definition) is 5. The van der Waals surface area contributed by atoms with Crippen molar-refractivity contribution in [2.45, 2.75) is 31.9 Å². The summed E-state index contributed by atoms with van der Waals surface area (Å²) in [6.45, 7) is 0.494. The van der Waals surface area contributed by atoms with Gasteiger partial charge in [-0.2, -0.15) is 0 Å². The van der Waals surface area contributed by atoms with Gasteiger partial charge in [0, 0.05) is 11.6 Å². The van der Waals surface area contributed by atoms with E-state index in [0.717, 1.165) is 28.4 Å². The molecule has 0 radical (unpaired) electrons. The van der Waals surface area contributed by atoms with Gasteiger partial charge in [-0.15, -0.1) is 0 Å². The zero-order valence-corrected chi connectivity index (χ0v) is 11.5. The van der Waals surface area contributed by atoms with E-state index in [0.29, 0.717) is 18.2 Å². The molecule has 108 valence electrons. The molecule has 21 heavy (non-hydrogen) atoms. The van der Waals surface area contributed by atoms with Crippen LogP contribution in [0.25, 0.3) is 11.1 Å². The maximum atomic E-state index is 8.97. The quantitative estimate of drug-likeness (QED) is 0.751. The number of nitrogens with one attached hydrogen (secondary N) is 1. The number of hydrogen-bond donors (Lipinski definition) is 2. The number of benzene rings is 1. The first kappa shape index (κ1) is 12.5. The van der Waals surface area contributed by atoms with Gasteiger partial charge in [0.15, 0.2) is 11.5 Å². The van der Waals surface area contributed by atoms with Gasteiger partial charge >= 0.3 is 0 Å². The van der Waals surface area contributed by atoms with Crippen molar-refractivity contribution in [1.29, 1.82) is 0 Å². The lowest BCUT2D eigenvalue weighted by molar-refractivity contribution is 0.244. The molecule has 3 aromatic rings. The van der Waals surface area contributed by atoms with Crippen molar-refractivity contribution in [3.05, 3.63) is 47.7 Å². The van der Waals surface area contributed by atoms with Crippen LogP contribution in [-0.2, 0) is 13.2 Å². The van der Waals surface area contributed by atoms with Crippen molar-refractivity contribution >= 4 is 16.8 Å². The highest BCUT2D eigenvalue weighted by Gasteiger charge is 2.28. The van der Waals surface area contributed by atoms with Crippen molar-refractivity contribution in [3.8, 4) is 0 Å². The number of aliphatic hydroxyl groups is 1. The Kier molecular flexibility index (Phi) is 2.93. The number of furan rings is 1. The first-order valence-electron chi connectivity index (χ1n) is 7.14. The van der Waals surface area contributed by atoms with Crippen LogP contribution in [0.4, 0.5) is 5.69 Å². The molecule has 1 aromatic carbocycles. The predicted molar refractivity (Wildman–Crippen MR) is 77.9 cm³/mol. The minimum Gasteiger partial charge on any atom is -0.462 e. The highest BCUT2D eigenvalue weighted by Crippen LogP contribution is 2.40. The molecule has 4 rings (SSSR count). The van der Waals surface area contributed by atoms with Gasteiger partial charge in [0.25, 0.3) is 0 Å². The second-order valence-corrected chi connectivity index (χ2v) is 5.39. The Morgan fingerprint density at radius 1 is 1.14 bits per heavy atom. The fourth-order valence-electron chi connectivity index (χ4n) is 2.35. The first-order valence-corrected chi connectivity index (χ1v) is 7.14. The van der Waals surface area contributed by atoms with Gasteiger partial charge in [-0.3, -0.25) is 0 Å². The van der Waals surface area contributed by atoms with Gasteiger partial charge in [0.1, 0.15) is 23.6 Å². The van der Waals surface area contributed by atoms with Crippen LogP contribution in [0.15, 0.2) is 39.2 Å². The molecule has 0 bridgehead atoms. The van der Waals surface area contributed by atoms with Crippen LogP contribution in [-0.4, -0.2) is 10.1 Å². The lowest BCUT2D eigenvalue weighted by atomic mass is 10.3. The summed E-state index contributed by atoms with van der Waals surface area (Å²) in [4.78, 5) is 4.54. The van der Waals surface area contributed by atoms with Gasteiger partial charge in [-0.1, -0.05) is 0 Å². The number of aromatic nitrogens is 1. The van der Waals surface area contributed by atoms with E-state index in [2.05, 4.69) is 10.3 Å². The highest BCUT2D eigenvalue weighted by atomic mass is 16.4. The molecule has 1 saturated carbocycles. The third kappa shape index (κ3) is 2.52. The van der Waals surface area contributed by atoms with Crippen LogP contribution >= 0.6 is 0 Å².